The van der Waals surface area contributed by atoms with Crippen LogP contribution in [0.25, 0.3) is 0 Å². The standard InChI is InChI=1S/C11H9IS/c12-10-5-3-9(4-6-10)8-11-2-1-7-13-11/h1-7H,8H2. The summed E-state index contributed by atoms with van der Waals surface area (Å²) in [4.78, 5) is 1.43. The Morgan fingerprint density at radius 2 is 1.85 bits per heavy atom. The molecule has 0 fully saturated rings. The van der Waals surface area contributed by atoms with Crippen LogP contribution in [-0.2, 0) is 6.42 Å². The Labute approximate surface area is 95.8 Å². The van der Waals surface area contributed by atoms with Gasteiger partial charge in [-0.25, -0.2) is 0 Å². The van der Waals surface area contributed by atoms with Gasteiger partial charge in [0, 0.05) is 14.9 Å². The molecule has 0 aliphatic carbocycles. The van der Waals surface area contributed by atoms with E-state index in [9.17, 15) is 0 Å². The molecule has 1 heterocycles. The molecule has 2 aromatic rings. The minimum atomic E-state index is 1.06. The zero-order valence-corrected chi connectivity index (χ0v) is 10.0. The van der Waals surface area contributed by atoms with Crippen molar-refractivity contribution in [2.45, 2.75) is 6.42 Å². The van der Waals surface area contributed by atoms with Gasteiger partial charge in [-0.3, -0.25) is 0 Å². The van der Waals surface area contributed by atoms with Gasteiger partial charge in [0.1, 0.15) is 0 Å². The second-order valence-corrected chi connectivity index (χ2v) is 5.16. The molecule has 0 radical (unpaired) electrons. The largest absolute Gasteiger partial charge is 0.149 e. The number of benzene rings is 1. The van der Waals surface area contributed by atoms with Crippen LogP contribution >= 0.6 is 33.9 Å². The molecule has 1 aromatic carbocycles. The van der Waals surface area contributed by atoms with Crippen LogP contribution in [0.3, 0.4) is 0 Å². The van der Waals surface area contributed by atoms with Crippen LogP contribution in [-0.4, -0.2) is 0 Å². The lowest BCUT2D eigenvalue weighted by atomic mass is 10.1. The molecule has 0 aliphatic heterocycles. The van der Waals surface area contributed by atoms with Crippen molar-refractivity contribution in [3.8, 4) is 0 Å². The van der Waals surface area contributed by atoms with Crippen molar-refractivity contribution in [1.29, 1.82) is 0 Å². The van der Waals surface area contributed by atoms with Crippen molar-refractivity contribution in [2.75, 3.05) is 0 Å². The van der Waals surface area contributed by atoms with Crippen LogP contribution in [0.5, 0.6) is 0 Å². The maximum absolute atomic E-state index is 2.33. The molecule has 2 rings (SSSR count). The maximum atomic E-state index is 2.33. The summed E-state index contributed by atoms with van der Waals surface area (Å²) >= 11 is 4.15. The number of halogens is 1. The van der Waals surface area contributed by atoms with E-state index in [-0.39, 0.29) is 0 Å². The van der Waals surface area contributed by atoms with Crippen molar-refractivity contribution in [3.63, 3.8) is 0 Å². The molecule has 13 heavy (non-hydrogen) atoms. The fourth-order valence-electron chi connectivity index (χ4n) is 1.22. The average molecular weight is 300 g/mol. The highest BCUT2D eigenvalue weighted by atomic mass is 127. The van der Waals surface area contributed by atoms with Gasteiger partial charge in [0.2, 0.25) is 0 Å². The van der Waals surface area contributed by atoms with E-state index >= 15 is 0 Å². The zero-order valence-electron chi connectivity index (χ0n) is 7.03. The van der Waals surface area contributed by atoms with E-state index in [1.807, 2.05) is 11.3 Å². The van der Waals surface area contributed by atoms with E-state index in [4.69, 9.17) is 0 Å². The summed E-state index contributed by atoms with van der Waals surface area (Å²) in [6.07, 6.45) is 1.06. The lowest BCUT2D eigenvalue weighted by Gasteiger charge is -1.98. The topological polar surface area (TPSA) is 0 Å². The first kappa shape index (κ1) is 9.21. The molecule has 0 spiro atoms. The molecular weight excluding hydrogens is 291 g/mol. The van der Waals surface area contributed by atoms with E-state index in [0.717, 1.165) is 6.42 Å². The first-order valence-electron chi connectivity index (χ1n) is 4.11. The van der Waals surface area contributed by atoms with Gasteiger partial charge < -0.3 is 0 Å². The van der Waals surface area contributed by atoms with Gasteiger partial charge in [-0.1, -0.05) is 18.2 Å². The number of hydrogen-bond donors (Lipinski definition) is 0. The summed E-state index contributed by atoms with van der Waals surface area (Å²) < 4.78 is 1.30. The van der Waals surface area contributed by atoms with Crippen molar-refractivity contribution in [1.82, 2.24) is 0 Å². The van der Waals surface area contributed by atoms with Crippen molar-refractivity contribution in [2.24, 2.45) is 0 Å². The third kappa shape index (κ3) is 2.54. The summed E-state index contributed by atoms with van der Waals surface area (Å²) in [6.45, 7) is 0. The second kappa shape index (κ2) is 4.24. The molecule has 1 aromatic heterocycles. The Morgan fingerprint density at radius 1 is 1.08 bits per heavy atom. The van der Waals surface area contributed by atoms with Gasteiger partial charge in [-0.15, -0.1) is 11.3 Å². The van der Waals surface area contributed by atoms with Crippen LogP contribution in [0.4, 0.5) is 0 Å². The third-order valence-corrected chi connectivity index (χ3v) is 3.47. The molecule has 0 aliphatic rings. The van der Waals surface area contributed by atoms with Gasteiger partial charge in [0.25, 0.3) is 0 Å². The highest BCUT2D eigenvalue weighted by Gasteiger charge is 1.96. The Hall–Kier alpha value is -0.350. The SMILES string of the molecule is Ic1ccc(Cc2cccs2)cc1. The average Bonchev–Trinajstić information content (AvgIpc) is 2.62. The normalized spacial score (nSPS) is 10.2. The third-order valence-electron chi connectivity index (χ3n) is 1.87. The predicted octanol–water partition coefficient (Wildman–Crippen LogP) is 3.94. The fourth-order valence-corrected chi connectivity index (χ4v) is 2.32. The minimum absolute atomic E-state index is 1.06. The minimum Gasteiger partial charge on any atom is -0.149 e. The highest BCUT2D eigenvalue weighted by Crippen LogP contribution is 2.15. The molecule has 0 atom stereocenters. The molecule has 0 N–H and O–H groups in total. The quantitative estimate of drug-likeness (QED) is 0.737. The van der Waals surface area contributed by atoms with Gasteiger partial charge in [-0.2, -0.15) is 0 Å². The molecule has 2 heteroatoms. The Balaban J connectivity index is 2.15. The van der Waals surface area contributed by atoms with Crippen molar-refractivity contribution < 1.29 is 0 Å². The smallest absolute Gasteiger partial charge is 0.0130 e. The molecular formula is C11H9IS. The molecule has 0 saturated carbocycles. The summed E-state index contributed by atoms with van der Waals surface area (Å²) in [5.74, 6) is 0. The lowest BCUT2D eigenvalue weighted by Crippen LogP contribution is -1.83. The van der Waals surface area contributed by atoms with Gasteiger partial charge in [0.05, 0.1) is 0 Å². The number of thiophene rings is 1. The van der Waals surface area contributed by atoms with Gasteiger partial charge in [-0.05, 0) is 51.7 Å². The summed E-state index contributed by atoms with van der Waals surface area (Å²) in [7, 11) is 0. The Morgan fingerprint density at radius 3 is 2.46 bits per heavy atom. The molecule has 0 amide bonds. The number of hydrogen-bond acceptors (Lipinski definition) is 1. The van der Waals surface area contributed by atoms with Crippen LogP contribution in [0.2, 0.25) is 0 Å². The predicted molar refractivity (Wildman–Crippen MR) is 66.3 cm³/mol. The molecule has 0 nitrogen and oxygen atoms in total. The van der Waals surface area contributed by atoms with Crippen molar-refractivity contribution >= 4 is 33.9 Å². The molecule has 0 unspecified atom stereocenters. The Bertz CT molecular complexity index is 361. The highest BCUT2D eigenvalue weighted by molar-refractivity contribution is 14.1. The summed E-state index contributed by atoms with van der Waals surface area (Å²) in [6, 6.07) is 13.0. The lowest BCUT2D eigenvalue weighted by molar-refractivity contribution is 1.24. The molecule has 0 saturated heterocycles. The molecule has 0 bridgehead atoms. The second-order valence-electron chi connectivity index (χ2n) is 2.88. The van der Waals surface area contributed by atoms with E-state index < -0.39 is 0 Å². The maximum Gasteiger partial charge on any atom is 0.0130 e. The first-order chi connectivity index (χ1) is 6.34. The van der Waals surface area contributed by atoms with Gasteiger partial charge >= 0.3 is 0 Å². The van der Waals surface area contributed by atoms with Crippen molar-refractivity contribution in [3.05, 3.63) is 55.8 Å². The Kier molecular flexibility index (Phi) is 3.01. The number of rotatable bonds is 2. The van der Waals surface area contributed by atoms with Crippen LogP contribution in [0, 0.1) is 3.57 Å². The van der Waals surface area contributed by atoms with Crippen LogP contribution in [0.1, 0.15) is 10.4 Å². The first-order valence-corrected chi connectivity index (χ1v) is 6.07. The van der Waals surface area contributed by atoms with E-state index in [1.165, 1.54) is 14.0 Å². The molecule has 66 valence electrons. The monoisotopic (exact) mass is 300 g/mol. The summed E-state index contributed by atoms with van der Waals surface area (Å²) in [5.41, 5.74) is 1.39. The van der Waals surface area contributed by atoms with E-state index in [1.54, 1.807) is 0 Å². The van der Waals surface area contributed by atoms with Crippen LogP contribution < -0.4 is 0 Å². The summed E-state index contributed by atoms with van der Waals surface area (Å²) in [5, 5.41) is 2.13. The van der Waals surface area contributed by atoms with Gasteiger partial charge in [0.15, 0.2) is 0 Å². The van der Waals surface area contributed by atoms with Crippen LogP contribution in [0.15, 0.2) is 41.8 Å². The fraction of sp³-hybridized carbons (Fsp3) is 0.0909. The van der Waals surface area contributed by atoms with E-state index in [2.05, 4.69) is 64.4 Å². The van der Waals surface area contributed by atoms with E-state index in [0.29, 0.717) is 0 Å². The zero-order chi connectivity index (χ0) is 9.10.